The van der Waals surface area contributed by atoms with Gasteiger partial charge in [0, 0.05) is 6.54 Å². The van der Waals surface area contributed by atoms with Gasteiger partial charge in [0.15, 0.2) is 0 Å². The molecule has 0 saturated heterocycles. The number of carboxylic acid groups (broad SMARTS) is 1. The van der Waals surface area contributed by atoms with Gasteiger partial charge in [-0.15, -0.1) is 0 Å². The lowest BCUT2D eigenvalue weighted by atomic mass is 10.1. The summed E-state index contributed by atoms with van der Waals surface area (Å²) in [7, 11) is 0. The van der Waals surface area contributed by atoms with E-state index in [1.807, 2.05) is 13.8 Å². The third-order valence-electron chi connectivity index (χ3n) is 2.63. The van der Waals surface area contributed by atoms with Crippen molar-refractivity contribution < 1.29 is 9.90 Å². The van der Waals surface area contributed by atoms with Crippen LogP contribution in [0.15, 0.2) is 18.2 Å². The fourth-order valence-electron chi connectivity index (χ4n) is 1.80. The van der Waals surface area contributed by atoms with Gasteiger partial charge in [0.1, 0.15) is 6.04 Å². The Morgan fingerprint density at radius 1 is 1.41 bits per heavy atom. The number of carbonyl (C=O) groups is 1. The minimum Gasteiger partial charge on any atom is -0.480 e. The van der Waals surface area contributed by atoms with E-state index in [0.717, 1.165) is 0 Å². The predicted molar refractivity (Wildman–Crippen MR) is 71.2 cm³/mol. The Balaban J connectivity index is 3.17. The summed E-state index contributed by atoms with van der Waals surface area (Å²) >= 11 is 12.0. The molecule has 94 valence electrons. The Morgan fingerprint density at radius 2 is 2.06 bits per heavy atom. The first-order valence-corrected chi connectivity index (χ1v) is 6.21. The maximum absolute atomic E-state index is 11.2. The summed E-state index contributed by atoms with van der Waals surface area (Å²) in [4.78, 5) is 12.9. The lowest BCUT2D eigenvalue weighted by Gasteiger charge is -2.30. The highest BCUT2D eigenvalue weighted by Gasteiger charge is 2.24. The van der Waals surface area contributed by atoms with E-state index in [1.54, 1.807) is 23.1 Å². The minimum atomic E-state index is -0.856. The maximum Gasteiger partial charge on any atom is 0.326 e. The van der Waals surface area contributed by atoms with Crippen molar-refractivity contribution >= 4 is 34.9 Å². The summed E-state index contributed by atoms with van der Waals surface area (Å²) in [5.74, 6) is -0.856. The second-order valence-corrected chi connectivity index (χ2v) is 4.41. The molecule has 0 radical (unpaired) electrons. The zero-order valence-electron chi connectivity index (χ0n) is 9.78. The van der Waals surface area contributed by atoms with Gasteiger partial charge in [-0.05, 0) is 25.5 Å². The molecular weight excluding hydrogens is 261 g/mol. The van der Waals surface area contributed by atoms with E-state index in [0.29, 0.717) is 28.7 Å². The number of likely N-dealkylation sites (N-methyl/N-ethyl adjacent to an activating group) is 1. The van der Waals surface area contributed by atoms with Crippen LogP contribution in [0.25, 0.3) is 0 Å². The first-order chi connectivity index (χ1) is 8.02. The molecule has 1 unspecified atom stereocenters. The molecule has 0 aliphatic heterocycles. The second-order valence-electron chi connectivity index (χ2n) is 3.62. The number of hydrogen-bond acceptors (Lipinski definition) is 2. The van der Waals surface area contributed by atoms with Gasteiger partial charge in [0.2, 0.25) is 0 Å². The van der Waals surface area contributed by atoms with Crippen molar-refractivity contribution in [3.8, 4) is 0 Å². The van der Waals surface area contributed by atoms with Gasteiger partial charge in [0.05, 0.1) is 15.7 Å². The summed E-state index contributed by atoms with van der Waals surface area (Å²) in [6.45, 7) is 4.29. The van der Waals surface area contributed by atoms with Crippen molar-refractivity contribution in [3.63, 3.8) is 0 Å². The fourth-order valence-corrected chi connectivity index (χ4v) is 2.21. The Bertz CT molecular complexity index is 409. The lowest BCUT2D eigenvalue weighted by molar-refractivity contribution is -0.138. The predicted octanol–water partition coefficient (Wildman–Crippen LogP) is 3.68. The average molecular weight is 276 g/mol. The van der Waals surface area contributed by atoms with E-state index >= 15 is 0 Å². The van der Waals surface area contributed by atoms with Gasteiger partial charge in [-0.1, -0.05) is 36.2 Å². The zero-order chi connectivity index (χ0) is 13.0. The number of nitrogens with zero attached hydrogens (tertiary/aromatic N) is 1. The molecule has 3 nitrogen and oxygen atoms in total. The highest BCUT2D eigenvalue weighted by Crippen LogP contribution is 2.33. The number of rotatable bonds is 5. The molecule has 0 fully saturated rings. The quantitative estimate of drug-likeness (QED) is 0.891. The number of carboxylic acids is 1. The van der Waals surface area contributed by atoms with Crippen LogP contribution < -0.4 is 4.90 Å². The van der Waals surface area contributed by atoms with Gasteiger partial charge in [-0.2, -0.15) is 0 Å². The SMILES string of the molecule is CCC(C(=O)O)N(CC)c1cccc(Cl)c1Cl. The highest BCUT2D eigenvalue weighted by molar-refractivity contribution is 6.43. The van der Waals surface area contributed by atoms with Crippen molar-refractivity contribution in [2.24, 2.45) is 0 Å². The van der Waals surface area contributed by atoms with Gasteiger partial charge in [-0.3, -0.25) is 0 Å². The highest BCUT2D eigenvalue weighted by atomic mass is 35.5. The number of benzene rings is 1. The molecule has 0 spiro atoms. The number of anilines is 1. The van der Waals surface area contributed by atoms with Crippen LogP contribution in [0.5, 0.6) is 0 Å². The van der Waals surface area contributed by atoms with Crippen molar-refractivity contribution in [2.45, 2.75) is 26.3 Å². The first kappa shape index (κ1) is 14.1. The van der Waals surface area contributed by atoms with Gasteiger partial charge < -0.3 is 10.0 Å². The molecule has 0 heterocycles. The van der Waals surface area contributed by atoms with E-state index in [9.17, 15) is 9.90 Å². The summed E-state index contributed by atoms with van der Waals surface area (Å²) in [5.41, 5.74) is 0.663. The zero-order valence-corrected chi connectivity index (χ0v) is 11.3. The van der Waals surface area contributed by atoms with Gasteiger partial charge in [0.25, 0.3) is 0 Å². The number of halogens is 2. The average Bonchev–Trinajstić information content (AvgIpc) is 2.29. The van der Waals surface area contributed by atoms with Crippen LogP contribution in [-0.2, 0) is 4.79 Å². The standard InChI is InChI=1S/C12H15Cl2NO2/c1-3-9(12(16)17)15(4-2)10-7-5-6-8(13)11(10)14/h5-7,9H,3-4H2,1-2H3,(H,16,17). The summed E-state index contributed by atoms with van der Waals surface area (Å²) in [5, 5.41) is 10.0. The normalized spacial score (nSPS) is 12.2. The molecule has 0 aliphatic rings. The molecule has 0 bridgehead atoms. The molecule has 1 N–H and O–H groups in total. The summed E-state index contributed by atoms with van der Waals surface area (Å²) in [6.07, 6.45) is 0.506. The third kappa shape index (κ3) is 3.05. The number of aliphatic carboxylic acids is 1. The first-order valence-electron chi connectivity index (χ1n) is 5.46. The molecule has 0 saturated carbocycles. The van der Waals surface area contributed by atoms with Crippen LogP contribution in [0.3, 0.4) is 0 Å². The van der Waals surface area contributed by atoms with E-state index < -0.39 is 12.0 Å². The Labute approximate surface area is 111 Å². The van der Waals surface area contributed by atoms with Crippen molar-refractivity contribution in [3.05, 3.63) is 28.2 Å². The molecule has 1 atom stereocenters. The summed E-state index contributed by atoms with van der Waals surface area (Å²) < 4.78 is 0. The van der Waals surface area contributed by atoms with Crippen LogP contribution in [0.4, 0.5) is 5.69 Å². The fraction of sp³-hybridized carbons (Fsp3) is 0.417. The van der Waals surface area contributed by atoms with E-state index in [4.69, 9.17) is 23.2 Å². The van der Waals surface area contributed by atoms with Gasteiger partial charge in [-0.25, -0.2) is 4.79 Å². The second kappa shape index (κ2) is 6.12. The number of hydrogen-bond donors (Lipinski definition) is 1. The van der Waals surface area contributed by atoms with Crippen LogP contribution in [-0.4, -0.2) is 23.7 Å². The Hall–Kier alpha value is -0.930. The van der Waals surface area contributed by atoms with Crippen molar-refractivity contribution in [1.29, 1.82) is 0 Å². The molecule has 1 aromatic rings. The van der Waals surface area contributed by atoms with Crippen LogP contribution >= 0.6 is 23.2 Å². The molecule has 0 aliphatic carbocycles. The molecule has 5 heteroatoms. The monoisotopic (exact) mass is 275 g/mol. The Kier molecular flexibility index (Phi) is 5.09. The minimum absolute atomic E-state index is 0.399. The summed E-state index contributed by atoms with van der Waals surface area (Å²) in [6, 6.07) is 4.64. The van der Waals surface area contributed by atoms with Crippen LogP contribution in [0, 0.1) is 0 Å². The smallest absolute Gasteiger partial charge is 0.326 e. The van der Waals surface area contributed by atoms with Crippen LogP contribution in [0.2, 0.25) is 10.0 Å². The van der Waals surface area contributed by atoms with E-state index in [2.05, 4.69) is 0 Å². The Morgan fingerprint density at radius 3 is 2.53 bits per heavy atom. The van der Waals surface area contributed by atoms with E-state index in [-0.39, 0.29) is 0 Å². The molecule has 17 heavy (non-hydrogen) atoms. The molecule has 1 rings (SSSR count). The topological polar surface area (TPSA) is 40.5 Å². The lowest BCUT2D eigenvalue weighted by Crippen LogP contribution is -2.41. The van der Waals surface area contributed by atoms with Gasteiger partial charge >= 0.3 is 5.97 Å². The molecular formula is C12H15Cl2NO2. The molecule has 0 aromatic heterocycles. The van der Waals surface area contributed by atoms with E-state index in [1.165, 1.54) is 0 Å². The van der Waals surface area contributed by atoms with Crippen molar-refractivity contribution in [2.75, 3.05) is 11.4 Å². The largest absolute Gasteiger partial charge is 0.480 e. The molecule has 0 amide bonds. The maximum atomic E-state index is 11.2. The third-order valence-corrected chi connectivity index (χ3v) is 3.44. The molecule has 1 aromatic carbocycles. The van der Waals surface area contributed by atoms with Crippen molar-refractivity contribution in [1.82, 2.24) is 0 Å². The van der Waals surface area contributed by atoms with Crippen LogP contribution in [0.1, 0.15) is 20.3 Å².